The van der Waals surface area contributed by atoms with E-state index in [1.807, 2.05) is 24.3 Å². The van der Waals surface area contributed by atoms with Crippen LogP contribution in [0.2, 0.25) is 0 Å². The van der Waals surface area contributed by atoms with Crippen LogP contribution in [0.1, 0.15) is 31.4 Å². The van der Waals surface area contributed by atoms with Gasteiger partial charge in [0.25, 0.3) is 0 Å². The standard InChI is InChI=1S/C16H18O2/c1-3-16(2,12-4-8-14(17)9-5-12)13-6-10-15(18)11-7-13/h4-11,17-18H,3H2,1-2H3/i4+1,5+1,6+1,7+1,8+1,9+1,10+1,11+1,12+1,13+1,14+1,15+1. The van der Waals surface area contributed by atoms with Crippen LogP contribution in [0, 0.1) is 0 Å². The van der Waals surface area contributed by atoms with Crippen LogP contribution in [-0.4, -0.2) is 10.2 Å². The van der Waals surface area contributed by atoms with Gasteiger partial charge < -0.3 is 10.2 Å². The lowest BCUT2D eigenvalue weighted by Gasteiger charge is -2.29. The van der Waals surface area contributed by atoms with Crippen molar-refractivity contribution in [1.82, 2.24) is 0 Å². The number of hydrogen-bond donors (Lipinski definition) is 2. The van der Waals surface area contributed by atoms with Crippen molar-refractivity contribution in [3.63, 3.8) is 0 Å². The van der Waals surface area contributed by atoms with Crippen molar-refractivity contribution >= 4 is 0 Å². The summed E-state index contributed by atoms with van der Waals surface area (Å²) in [6.45, 7) is 4.31. The minimum atomic E-state index is -0.110. The van der Waals surface area contributed by atoms with Crippen molar-refractivity contribution in [3.8, 4) is 11.5 Å². The maximum Gasteiger partial charge on any atom is 0.115 e. The summed E-state index contributed by atoms with van der Waals surface area (Å²) in [5.41, 5.74) is 2.21. The lowest BCUT2D eigenvalue weighted by atomic mass is 10.0. The third kappa shape index (κ3) is 2.19. The average Bonchev–Trinajstić information content (AvgIpc) is 2.39. The molecular formula is C16H18O2. The Morgan fingerprint density at radius 1 is 0.778 bits per heavy atom. The lowest BCUT2D eigenvalue weighted by molar-refractivity contribution is 0.472. The van der Waals surface area contributed by atoms with E-state index >= 15 is 0 Å². The van der Waals surface area contributed by atoms with Gasteiger partial charge in [-0.2, -0.15) is 0 Å². The summed E-state index contributed by atoms with van der Waals surface area (Å²) in [6.07, 6.45) is 0.947. The smallest absolute Gasteiger partial charge is 0.115 e. The van der Waals surface area contributed by atoms with Gasteiger partial charge in [0, 0.05) is 5.41 Å². The molecule has 2 nitrogen and oxygen atoms in total. The molecule has 0 aliphatic rings. The Bertz CT molecular complexity index is 466. The van der Waals surface area contributed by atoms with Crippen LogP contribution in [0.5, 0.6) is 11.5 Å². The van der Waals surface area contributed by atoms with E-state index in [1.165, 1.54) is 0 Å². The lowest BCUT2D eigenvalue weighted by Crippen LogP contribution is -2.22. The monoisotopic (exact) mass is 254 g/mol. The fourth-order valence-corrected chi connectivity index (χ4v) is 2.23. The summed E-state index contributed by atoms with van der Waals surface area (Å²) in [5, 5.41) is 18.7. The molecule has 2 heteroatoms. The first-order chi connectivity index (χ1) is 8.56. The molecule has 0 atom stereocenters. The SMILES string of the molecule is CCC(C)([13c]1[13cH][13cH][13c](O)[13cH][13cH]1)[13c]1[13cH][13cH][13c](O)[13cH][13cH]1. The quantitative estimate of drug-likeness (QED) is 0.874. The number of phenols is 2. The third-order valence-corrected chi connectivity index (χ3v) is 3.72. The minimum Gasteiger partial charge on any atom is -0.508 e. The van der Waals surface area contributed by atoms with Crippen LogP contribution in [0.4, 0.5) is 0 Å². The summed E-state index contributed by atoms with van der Waals surface area (Å²) in [5.74, 6) is 0.561. The van der Waals surface area contributed by atoms with Crippen molar-refractivity contribution in [3.05, 3.63) is 59.7 Å². The van der Waals surface area contributed by atoms with E-state index in [-0.39, 0.29) is 16.9 Å². The van der Waals surface area contributed by atoms with Gasteiger partial charge in [-0.1, -0.05) is 38.1 Å². The highest BCUT2D eigenvalue weighted by atomic mass is 16.3. The first-order valence-corrected chi connectivity index (χ1v) is 6.15. The van der Waals surface area contributed by atoms with Crippen molar-refractivity contribution in [2.75, 3.05) is 0 Å². The Balaban J connectivity index is 2.47. The Morgan fingerprint density at radius 2 is 1.11 bits per heavy atom. The van der Waals surface area contributed by atoms with Gasteiger partial charge in [0.1, 0.15) is 11.5 Å². The van der Waals surface area contributed by atoms with Crippen LogP contribution in [0.25, 0.3) is 0 Å². The molecule has 0 spiro atoms. The van der Waals surface area contributed by atoms with Crippen LogP contribution in [-0.2, 0) is 5.41 Å². The van der Waals surface area contributed by atoms with Crippen LogP contribution in [0.3, 0.4) is 0 Å². The van der Waals surface area contributed by atoms with Gasteiger partial charge >= 0.3 is 0 Å². The molecule has 0 saturated carbocycles. The number of rotatable bonds is 3. The van der Waals surface area contributed by atoms with Gasteiger partial charge in [-0.25, -0.2) is 0 Å². The van der Waals surface area contributed by atoms with Gasteiger partial charge in [0.15, 0.2) is 0 Å². The third-order valence-electron chi connectivity index (χ3n) is 3.72. The molecule has 0 aromatic heterocycles. The van der Waals surface area contributed by atoms with E-state index in [4.69, 9.17) is 0 Å². The highest BCUT2D eigenvalue weighted by Gasteiger charge is 2.26. The highest BCUT2D eigenvalue weighted by Crippen LogP contribution is 2.36. The largest absolute Gasteiger partial charge is 0.508 e. The normalized spacial score (nSPS) is 11.4. The molecule has 94 valence electrons. The first-order valence-electron chi connectivity index (χ1n) is 6.15. The molecule has 2 aromatic rings. The second kappa shape index (κ2) is 4.73. The van der Waals surface area contributed by atoms with Gasteiger partial charge in [0.2, 0.25) is 0 Å². The molecule has 2 rings (SSSR count). The number of hydrogen-bond acceptors (Lipinski definition) is 2. The zero-order valence-corrected chi connectivity index (χ0v) is 10.7. The summed E-state index contributed by atoms with van der Waals surface area (Å²) in [4.78, 5) is 0. The van der Waals surface area contributed by atoms with Crippen LogP contribution in [0.15, 0.2) is 48.5 Å². The molecule has 18 heavy (non-hydrogen) atoms. The summed E-state index contributed by atoms with van der Waals surface area (Å²) >= 11 is 0. The Labute approximate surface area is 108 Å². The van der Waals surface area contributed by atoms with E-state index in [0.717, 1.165) is 17.5 Å². The van der Waals surface area contributed by atoms with Crippen molar-refractivity contribution in [2.24, 2.45) is 0 Å². The van der Waals surface area contributed by atoms with Gasteiger partial charge in [-0.05, 0) is 41.8 Å². The Morgan fingerprint density at radius 3 is 1.39 bits per heavy atom. The molecule has 0 fully saturated rings. The molecule has 0 unspecified atom stereocenters. The van der Waals surface area contributed by atoms with E-state index in [9.17, 15) is 10.2 Å². The van der Waals surface area contributed by atoms with Crippen molar-refractivity contribution in [2.45, 2.75) is 25.7 Å². The topological polar surface area (TPSA) is 40.5 Å². The molecule has 2 N–H and O–H groups in total. The van der Waals surface area contributed by atoms with E-state index < -0.39 is 0 Å². The average molecular weight is 254 g/mol. The summed E-state index contributed by atoms with van der Waals surface area (Å²) in [7, 11) is 0. The van der Waals surface area contributed by atoms with E-state index in [1.54, 1.807) is 24.3 Å². The predicted octanol–water partition coefficient (Wildman–Crippen LogP) is 3.81. The first kappa shape index (κ1) is 12.5. The fraction of sp³-hybridized carbons (Fsp3) is 0.250. The van der Waals surface area contributed by atoms with Crippen molar-refractivity contribution in [1.29, 1.82) is 0 Å². The van der Waals surface area contributed by atoms with Crippen molar-refractivity contribution < 1.29 is 10.2 Å². The Hall–Kier alpha value is -1.96. The maximum absolute atomic E-state index is 9.37. The second-order valence-electron chi connectivity index (χ2n) is 4.78. The minimum absolute atomic E-state index is 0.110. The summed E-state index contributed by atoms with van der Waals surface area (Å²) < 4.78 is 0. The van der Waals surface area contributed by atoms with E-state index in [0.29, 0.717) is 0 Å². The molecule has 0 radical (unpaired) electrons. The van der Waals surface area contributed by atoms with Gasteiger partial charge in [0.05, 0.1) is 0 Å². The van der Waals surface area contributed by atoms with Crippen LogP contribution >= 0.6 is 0 Å². The maximum atomic E-state index is 9.37. The molecule has 0 heterocycles. The van der Waals surface area contributed by atoms with Crippen LogP contribution < -0.4 is 0 Å². The molecule has 0 amide bonds. The number of aromatic hydroxyl groups is 2. The van der Waals surface area contributed by atoms with E-state index in [2.05, 4.69) is 13.8 Å². The number of phenolic OH excluding ortho intramolecular Hbond substituents is 2. The second-order valence-corrected chi connectivity index (χ2v) is 4.78. The highest BCUT2D eigenvalue weighted by molar-refractivity contribution is 5.41. The fourth-order valence-electron chi connectivity index (χ4n) is 2.23. The molecule has 0 saturated heterocycles. The van der Waals surface area contributed by atoms with Gasteiger partial charge in [-0.3, -0.25) is 0 Å². The molecule has 0 bridgehead atoms. The van der Waals surface area contributed by atoms with Gasteiger partial charge in [-0.15, -0.1) is 0 Å². The zero-order valence-electron chi connectivity index (χ0n) is 10.7. The molecule has 0 aliphatic heterocycles. The molecule has 2 aromatic carbocycles. The Kier molecular flexibility index (Phi) is 3.28. The molecule has 0 aliphatic carbocycles. The predicted molar refractivity (Wildman–Crippen MR) is 73.0 cm³/mol. The molecular weight excluding hydrogens is 236 g/mol. The summed E-state index contributed by atoms with van der Waals surface area (Å²) in [6, 6.07) is 14.6. The zero-order chi connectivity index (χ0) is 13.2. The number of benzene rings is 2.